The SMILES string of the molecule is C#CCNCC=C.Cl. The average molecular weight is 132 g/mol. The summed E-state index contributed by atoms with van der Waals surface area (Å²) in [6, 6.07) is 0. The van der Waals surface area contributed by atoms with Crippen molar-refractivity contribution in [1.82, 2.24) is 5.32 Å². The van der Waals surface area contributed by atoms with E-state index in [-0.39, 0.29) is 12.4 Å². The summed E-state index contributed by atoms with van der Waals surface area (Å²) in [7, 11) is 0. The molecule has 0 heterocycles. The zero-order valence-electron chi connectivity index (χ0n) is 4.68. The van der Waals surface area contributed by atoms with Crippen LogP contribution in [0.1, 0.15) is 0 Å². The van der Waals surface area contributed by atoms with E-state index in [0.29, 0.717) is 6.54 Å². The third-order valence-electron chi connectivity index (χ3n) is 0.516. The molecule has 0 aliphatic heterocycles. The number of nitrogens with one attached hydrogen (secondary N) is 1. The lowest BCUT2D eigenvalue weighted by molar-refractivity contribution is 0.858. The second-order valence-corrected chi connectivity index (χ2v) is 1.12. The van der Waals surface area contributed by atoms with Gasteiger partial charge < -0.3 is 5.32 Å². The summed E-state index contributed by atoms with van der Waals surface area (Å²) in [5.74, 6) is 2.44. The standard InChI is InChI=1S/C6H9N.ClH/c1-3-5-7-6-4-2;/h1,4,7H,2,5-6H2;1H. The Morgan fingerprint density at radius 3 is 2.75 bits per heavy atom. The fourth-order valence-corrected chi connectivity index (χ4v) is 0.246. The molecule has 0 unspecified atom stereocenters. The first-order chi connectivity index (χ1) is 3.41. The Morgan fingerprint density at radius 2 is 2.38 bits per heavy atom. The Morgan fingerprint density at radius 1 is 1.75 bits per heavy atom. The van der Waals surface area contributed by atoms with Crippen LogP contribution in [-0.2, 0) is 0 Å². The van der Waals surface area contributed by atoms with Gasteiger partial charge in [0.15, 0.2) is 0 Å². The van der Waals surface area contributed by atoms with E-state index in [2.05, 4.69) is 17.8 Å². The van der Waals surface area contributed by atoms with Crippen molar-refractivity contribution in [2.24, 2.45) is 0 Å². The minimum atomic E-state index is 0. The molecule has 8 heavy (non-hydrogen) atoms. The van der Waals surface area contributed by atoms with E-state index in [9.17, 15) is 0 Å². The predicted octanol–water partition coefficient (Wildman–Crippen LogP) is 0.817. The molecule has 0 aromatic carbocycles. The quantitative estimate of drug-likeness (QED) is 0.340. The fourth-order valence-electron chi connectivity index (χ4n) is 0.246. The van der Waals surface area contributed by atoms with E-state index in [0.717, 1.165) is 6.54 Å². The number of hydrogen-bond donors (Lipinski definition) is 1. The second kappa shape index (κ2) is 9.75. The Labute approximate surface area is 56.6 Å². The van der Waals surface area contributed by atoms with E-state index in [1.165, 1.54) is 0 Å². The topological polar surface area (TPSA) is 12.0 Å². The normalized spacial score (nSPS) is 6.38. The maximum Gasteiger partial charge on any atom is 0.0576 e. The van der Waals surface area contributed by atoms with Gasteiger partial charge in [-0.05, 0) is 0 Å². The van der Waals surface area contributed by atoms with Crippen molar-refractivity contribution < 1.29 is 0 Å². The molecule has 0 saturated carbocycles. The van der Waals surface area contributed by atoms with Crippen molar-refractivity contribution in [3.8, 4) is 12.3 Å². The summed E-state index contributed by atoms with van der Waals surface area (Å²) in [6.07, 6.45) is 6.70. The fraction of sp³-hybridized carbons (Fsp3) is 0.333. The van der Waals surface area contributed by atoms with Crippen LogP contribution in [0.5, 0.6) is 0 Å². The monoisotopic (exact) mass is 131 g/mol. The number of terminal acetylenes is 1. The van der Waals surface area contributed by atoms with Crippen LogP contribution in [0.4, 0.5) is 0 Å². The van der Waals surface area contributed by atoms with Crippen LogP contribution >= 0.6 is 12.4 Å². The molecule has 0 atom stereocenters. The van der Waals surface area contributed by atoms with E-state index in [1.54, 1.807) is 6.08 Å². The first-order valence-electron chi connectivity index (χ1n) is 2.17. The van der Waals surface area contributed by atoms with Gasteiger partial charge in [-0.25, -0.2) is 0 Å². The average Bonchev–Trinajstić information content (AvgIpc) is 1.69. The lowest BCUT2D eigenvalue weighted by Gasteiger charge is -1.88. The highest BCUT2D eigenvalue weighted by Crippen LogP contribution is 1.55. The minimum absolute atomic E-state index is 0. The molecule has 0 radical (unpaired) electrons. The van der Waals surface area contributed by atoms with Crippen molar-refractivity contribution >= 4 is 12.4 Å². The van der Waals surface area contributed by atoms with Crippen molar-refractivity contribution in [3.05, 3.63) is 12.7 Å². The molecule has 1 N–H and O–H groups in total. The van der Waals surface area contributed by atoms with Crippen LogP contribution in [0.15, 0.2) is 12.7 Å². The molecular formula is C6H10ClN. The zero-order chi connectivity index (χ0) is 5.54. The molecule has 2 heteroatoms. The van der Waals surface area contributed by atoms with Crippen LogP contribution in [0.2, 0.25) is 0 Å². The van der Waals surface area contributed by atoms with Crippen LogP contribution in [-0.4, -0.2) is 13.1 Å². The molecule has 0 bridgehead atoms. The number of hydrogen-bond acceptors (Lipinski definition) is 1. The molecule has 0 aliphatic rings. The number of halogens is 1. The van der Waals surface area contributed by atoms with Gasteiger partial charge in [-0.15, -0.1) is 25.4 Å². The van der Waals surface area contributed by atoms with E-state index in [1.807, 2.05) is 0 Å². The van der Waals surface area contributed by atoms with Crippen LogP contribution in [0, 0.1) is 12.3 Å². The van der Waals surface area contributed by atoms with Gasteiger partial charge in [0.2, 0.25) is 0 Å². The summed E-state index contributed by atoms with van der Waals surface area (Å²) in [5.41, 5.74) is 0. The van der Waals surface area contributed by atoms with Gasteiger partial charge in [-0.3, -0.25) is 0 Å². The summed E-state index contributed by atoms with van der Waals surface area (Å²) in [4.78, 5) is 0. The van der Waals surface area contributed by atoms with Crippen LogP contribution in [0.3, 0.4) is 0 Å². The maximum absolute atomic E-state index is 4.92. The molecule has 0 fully saturated rings. The van der Waals surface area contributed by atoms with Crippen molar-refractivity contribution in [3.63, 3.8) is 0 Å². The first-order valence-corrected chi connectivity index (χ1v) is 2.17. The van der Waals surface area contributed by atoms with Crippen molar-refractivity contribution in [2.75, 3.05) is 13.1 Å². The van der Waals surface area contributed by atoms with Gasteiger partial charge in [-0.2, -0.15) is 0 Å². The van der Waals surface area contributed by atoms with Gasteiger partial charge >= 0.3 is 0 Å². The zero-order valence-corrected chi connectivity index (χ0v) is 5.50. The molecule has 0 aliphatic carbocycles. The predicted molar refractivity (Wildman–Crippen MR) is 39.1 cm³/mol. The van der Waals surface area contributed by atoms with Crippen molar-refractivity contribution in [2.45, 2.75) is 0 Å². The Hall–Kier alpha value is -0.450. The Balaban J connectivity index is 0. The largest absolute Gasteiger partial charge is 0.303 e. The molecule has 0 aromatic heterocycles. The highest BCUT2D eigenvalue weighted by molar-refractivity contribution is 5.85. The van der Waals surface area contributed by atoms with Gasteiger partial charge in [0.25, 0.3) is 0 Å². The summed E-state index contributed by atoms with van der Waals surface area (Å²) < 4.78 is 0. The van der Waals surface area contributed by atoms with E-state index >= 15 is 0 Å². The van der Waals surface area contributed by atoms with E-state index < -0.39 is 0 Å². The summed E-state index contributed by atoms with van der Waals surface area (Å²) >= 11 is 0. The Kier molecular flexibility index (Phi) is 12.8. The highest BCUT2D eigenvalue weighted by atomic mass is 35.5. The molecule has 0 spiro atoms. The lowest BCUT2D eigenvalue weighted by Crippen LogP contribution is -2.12. The smallest absolute Gasteiger partial charge is 0.0576 e. The summed E-state index contributed by atoms with van der Waals surface area (Å²) in [5, 5.41) is 2.93. The van der Waals surface area contributed by atoms with Crippen molar-refractivity contribution in [1.29, 1.82) is 0 Å². The molecule has 0 rings (SSSR count). The lowest BCUT2D eigenvalue weighted by atomic mass is 10.6. The minimum Gasteiger partial charge on any atom is -0.303 e. The Bertz CT molecular complexity index is 83.0. The van der Waals surface area contributed by atoms with Crippen LogP contribution < -0.4 is 5.32 Å². The third kappa shape index (κ3) is 9.12. The summed E-state index contributed by atoms with van der Waals surface area (Å²) in [6.45, 7) is 4.93. The second-order valence-electron chi connectivity index (χ2n) is 1.12. The molecule has 1 nitrogen and oxygen atoms in total. The van der Waals surface area contributed by atoms with E-state index in [4.69, 9.17) is 6.42 Å². The first kappa shape index (κ1) is 10.5. The third-order valence-corrected chi connectivity index (χ3v) is 0.516. The highest BCUT2D eigenvalue weighted by Gasteiger charge is 1.69. The molecular weight excluding hydrogens is 122 g/mol. The van der Waals surface area contributed by atoms with Crippen LogP contribution in [0.25, 0.3) is 0 Å². The van der Waals surface area contributed by atoms with Gasteiger partial charge in [-0.1, -0.05) is 12.0 Å². The van der Waals surface area contributed by atoms with Gasteiger partial charge in [0, 0.05) is 6.54 Å². The van der Waals surface area contributed by atoms with Gasteiger partial charge in [0.1, 0.15) is 0 Å². The molecule has 0 amide bonds. The van der Waals surface area contributed by atoms with Gasteiger partial charge in [0.05, 0.1) is 6.54 Å². The number of rotatable bonds is 3. The molecule has 0 aromatic rings. The maximum atomic E-state index is 4.92. The molecule has 0 saturated heterocycles. The molecule has 46 valence electrons.